The molecule has 0 radical (unpaired) electrons. The average molecular weight is 379 g/mol. The van der Waals surface area contributed by atoms with Crippen molar-refractivity contribution in [3.63, 3.8) is 0 Å². The molecule has 1 aliphatic heterocycles. The Balaban J connectivity index is 2.15. The van der Waals surface area contributed by atoms with Crippen LogP contribution in [0.15, 0.2) is 42.5 Å². The molecule has 0 fully saturated rings. The van der Waals surface area contributed by atoms with E-state index in [9.17, 15) is 9.59 Å². The SMILES string of the molecule is CCC(=O)N1c2ccc(C)cc2C(N(C(=O)CC)c2ccc(C)cc2)CC1C. The van der Waals surface area contributed by atoms with E-state index in [4.69, 9.17) is 0 Å². The lowest BCUT2D eigenvalue weighted by Gasteiger charge is -2.43. The van der Waals surface area contributed by atoms with Gasteiger partial charge in [0.05, 0.1) is 6.04 Å². The second-order valence-corrected chi connectivity index (χ2v) is 7.73. The highest BCUT2D eigenvalue weighted by molar-refractivity contribution is 5.98. The van der Waals surface area contributed by atoms with Gasteiger partial charge in [-0.25, -0.2) is 0 Å². The van der Waals surface area contributed by atoms with Gasteiger partial charge in [0.2, 0.25) is 11.8 Å². The fourth-order valence-corrected chi connectivity index (χ4v) is 4.12. The molecule has 2 amide bonds. The van der Waals surface area contributed by atoms with Gasteiger partial charge in [-0.15, -0.1) is 0 Å². The van der Waals surface area contributed by atoms with Gasteiger partial charge in [0.1, 0.15) is 0 Å². The fourth-order valence-electron chi connectivity index (χ4n) is 4.12. The zero-order valence-corrected chi connectivity index (χ0v) is 17.5. The Kier molecular flexibility index (Phi) is 5.87. The van der Waals surface area contributed by atoms with Crippen LogP contribution in [0.4, 0.5) is 11.4 Å². The third-order valence-corrected chi connectivity index (χ3v) is 5.57. The zero-order chi connectivity index (χ0) is 20.4. The van der Waals surface area contributed by atoms with E-state index < -0.39 is 0 Å². The number of nitrogens with zero attached hydrogens (tertiary/aromatic N) is 2. The Bertz CT molecular complexity index is 873. The van der Waals surface area contributed by atoms with Gasteiger partial charge in [-0.1, -0.05) is 49.2 Å². The van der Waals surface area contributed by atoms with E-state index in [0.717, 1.165) is 28.9 Å². The minimum Gasteiger partial charge on any atom is -0.309 e. The maximum Gasteiger partial charge on any atom is 0.227 e. The molecule has 2 unspecified atom stereocenters. The van der Waals surface area contributed by atoms with Gasteiger partial charge in [0.15, 0.2) is 0 Å². The number of benzene rings is 2. The van der Waals surface area contributed by atoms with Crippen molar-refractivity contribution in [3.05, 3.63) is 59.2 Å². The third-order valence-electron chi connectivity index (χ3n) is 5.57. The highest BCUT2D eigenvalue weighted by atomic mass is 16.2. The quantitative estimate of drug-likeness (QED) is 0.722. The second-order valence-electron chi connectivity index (χ2n) is 7.73. The fraction of sp³-hybridized carbons (Fsp3) is 0.417. The lowest BCUT2D eigenvalue weighted by molar-refractivity contribution is -0.119. The van der Waals surface area contributed by atoms with Crippen LogP contribution in [-0.4, -0.2) is 17.9 Å². The summed E-state index contributed by atoms with van der Waals surface area (Å²) in [5.41, 5.74) is 5.21. The van der Waals surface area contributed by atoms with E-state index in [0.29, 0.717) is 12.8 Å². The van der Waals surface area contributed by atoms with Crippen molar-refractivity contribution in [2.75, 3.05) is 9.80 Å². The van der Waals surface area contributed by atoms with Gasteiger partial charge < -0.3 is 9.80 Å². The monoisotopic (exact) mass is 378 g/mol. The molecule has 4 nitrogen and oxygen atoms in total. The molecule has 2 aromatic carbocycles. The molecule has 0 bridgehead atoms. The normalized spacial score (nSPS) is 18.5. The van der Waals surface area contributed by atoms with E-state index in [2.05, 4.69) is 19.9 Å². The van der Waals surface area contributed by atoms with E-state index in [1.807, 2.05) is 67.0 Å². The van der Waals surface area contributed by atoms with Crippen molar-refractivity contribution >= 4 is 23.2 Å². The molecular formula is C24H30N2O2. The highest BCUT2D eigenvalue weighted by Crippen LogP contribution is 2.43. The highest BCUT2D eigenvalue weighted by Gasteiger charge is 2.37. The van der Waals surface area contributed by atoms with Crippen LogP contribution in [0.1, 0.15) is 62.8 Å². The van der Waals surface area contributed by atoms with Crippen LogP contribution in [0.2, 0.25) is 0 Å². The number of carbonyl (C=O) groups excluding carboxylic acids is 2. The van der Waals surface area contributed by atoms with Gasteiger partial charge in [0.25, 0.3) is 0 Å². The van der Waals surface area contributed by atoms with Crippen molar-refractivity contribution in [3.8, 4) is 0 Å². The van der Waals surface area contributed by atoms with E-state index in [1.54, 1.807) is 0 Å². The smallest absolute Gasteiger partial charge is 0.227 e. The molecule has 2 atom stereocenters. The Morgan fingerprint density at radius 1 is 1.00 bits per heavy atom. The number of carbonyl (C=O) groups is 2. The molecule has 1 heterocycles. The summed E-state index contributed by atoms with van der Waals surface area (Å²) in [7, 11) is 0. The Morgan fingerprint density at radius 3 is 2.25 bits per heavy atom. The molecule has 0 saturated heterocycles. The summed E-state index contributed by atoms with van der Waals surface area (Å²) in [5, 5.41) is 0. The maximum atomic E-state index is 13.0. The van der Waals surface area contributed by atoms with E-state index in [-0.39, 0.29) is 23.9 Å². The van der Waals surface area contributed by atoms with E-state index >= 15 is 0 Å². The summed E-state index contributed by atoms with van der Waals surface area (Å²) >= 11 is 0. The molecular weight excluding hydrogens is 348 g/mol. The van der Waals surface area contributed by atoms with Crippen LogP contribution in [0.25, 0.3) is 0 Å². The van der Waals surface area contributed by atoms with Crippen LogP contribution < -0.4 is 9.80 Å². The number of amides is 2. The molecule has 148 valence electrons. The van der Waals surface area contributed by atoms with Gasteiger partial charge in [0, 0.05) is 30.3 Å². The van der Waals surface area contributed by atoms with Crippen LogP contribution in [0.3, 0.4) is 0 Å². The summed E-state index contributed by atoms with van der Waals surface area (Å²) in [6, 6.07) is 14.3. The summed E-state index contributed by atoms with van der Waals surface area (Å²) in [4.78, 5) is 29.5. The number of fused-ring (bicyclic) bond motifs is 1. The maximum absolute atomic E-state index is 13.0. The molecule has 4 heteroatoms. The largest absolute Gasteiger partial charge is 0.309 e. The van der Waals surface area contributed by atoms with E-state index in [1.165, 1.54) is 5.56 Å². The third kappa shape index (κ3) is 3.68. The second kappa shape index (κ2) is 8.17. The van der Waals surface area contributed by atoms with Gasteiger partial charge in [-0.05, 0) is 51.0 Å². The van der Waals surface area contributed by atoms with Crippen LogP contribution in [0, 0.1) is 13.8 Å². The summed E-state index contributed by atoms with van der Waals surface area (Å²) < 4.78 is 0. The Hall–Kier alpha value is -2.62. The predicted molar refractivity (Wildman–Crippen MR) is 115 cm³/mol. The topological polar surface area (TPSA) is 40.6 Å². The number of hydrogen-bond donors (Lipinski definition) is 0. The first kappa shape index (κ1) is 20.1. The minimum absolute atomic E-state index is 0.0326. The van der Waals surface area contributed by atoms with Crippen LogP contribution >= 0.6 is 0 Å². The lowest BCUT2D eigenvalue weighted by Crippen LogP contribution is -2.47. The van der Waals surface area contributed by atoms with Gasteiger partial charge in [-0.2, -0.15) is 0 Å². The summed E-state index contributed by atoms with van der Waals surface area (Å²) in [6.45, 7) is 9.98. The molecule has 0 aliphatic carbocycles. The predicted octanol–water partition coefficient (Wildman–Crippen LogP) is 5.32. The number of rotatable bonds is 4. The summed E-state index contributed by atoms with van der Waals surface area (Å²) in [6.07, 6.45) is 1.64. The first-order valence-corrected chi connectivity index (χ1v) is 10.2. The van der Waals surface area contributed by atoms with Crippen LogP contribution in [-0.2, 0) is 9.59 Å². The van der Waals surface area contributed by atoms with Crippen molar-refractivity contribution < 1.29 is 9.59 Å². The molecule has 0 saturated carbocycles. The number of anilines is 2. The minimum atomic E-state index is -0.0824. The Morgan fingerprint density at radius 2 is 1.64 bits per heavy atom. The van der Waals surface area contributed by atoms with Crippen LogP contribution in [0.5, 0.6) is 0 Å². The number of aryl methyl sites for hydroxylation is 2. The van der Waals surface area contributed by atoms with Crippen molar-refractivity contribution in [1.82, 2.24) is 0 Å². The average Bonchev–Trinajstić information content (AvgIpc) is 2.69. The molecule has 0 aromatic heterocycles. The molecule has 3 rings (SSSR count). The number of hydrogen-bond acceptors (Lipinski definition) is 2. The molecule has 0 spiro atoms. The van der Waals surface area contributed by atoms with Crippen molar-refractivity contribution in [2.45, 2.75) is 66.0 Å². The van der Waals surface area contributed by atoms with Crippen molar-refractivity contribution in [2.24, 2.45) is 0 Å². The standard InChI is InChI=1S/C24H30N2O2/c1-6-23(27)25-18(5)15-22(20-14-17(4)10-13-21(20)25)26(24(28)7-2)19-11-8-16(3)9-12-19/h8-14,18,22H,6-7,15H2,1-5H3. The van der Waals surface area contributed by atoms with Gasteiger partial charge >= 0.3 is 0 Å². The molecule has 0 N–H and O–H groups in total. The first-order valence-electron chi connectivity index (χ1n) is 10.2. The Labute approximate surface area is 168 Å². The van der Waals surface area contributed by atoms with Crippen molar-refractivity contribution in [1.29, 1.82) is 0 Å². The first-order chi connectivity index (χ1) is 13.4. The van der Waals surface area contributed by atoms with Gasteiger partial charge in [-0.3, -0.25) is 9.59 Å². The lowest BCUT2D eigenvalue weighted by atomic mass is 9.88. The molecule has 2 aromatic rings. The summed E-state index contributed by atoms with van der Waals surface area (Å²) in [5.74, 6) is 0.225. The zero-order valence-electron chi connectivity index (χ0n) is 17.5. The molecule has 28 heavy (non-hydrogen) atoms. The molecule has 1 aliphatic rings.